The normalized spacial score (nSPS) is 9.82. The van der Waals surface area contributed by atoms with Crippen LogP contribution in [0.25, 0.3) is 0 Å². The molecule has 0 amide bonds. The largest absolute Gasteiger partial charge is 0.370 e. The van der Waals surface area contributed by atoms with Crippen LogP contribution in [0.2, 0.25) is 5.02 Å². The fraction of sp³-hybridized carbons (Fsp3) is 0.273. The second-order valence-corrected chi connectivity index (χ2v) is 3.95. The fourth-order valence-corrected chi connectivity index (χ4v) is 1.87. The smallest absolute Gasteiger partial charge is 0.202 e. The highest BCUT2D eigenvalue weighted by Gasteiger charge is 2.14. The van der Waals surface area contributed by atoms with Crippen molar-refractivity contribution in [2.75, 3.05) is 11.9 Å². The number of nitrogens with one attached hydrogen (secondary N) is 3. The number of guanidine groups is 2. The number of hydrogen-bond acceptors (Lipinski definition) is 2. The third-order valence-corrected chi connectivity index (χ3v) is 2.68. The van der Waals surface area contributed by atoms with Gasteiger partial charge in [-0.1, -0.05) is 30.7 Å². The zero-order valence-electron chi connectivity index (χ0n) is 9.84. The Labute approximate surface area is 106 Å². The lowest BCUT2D eigenvalue weighted by Crippen LogP contribution is -2.44. The number of benzene rings is 1. The minimum absolute atomic E-state index is 0.0142. The van der Waals surface area contributed by atoms with Gasteiger partial charge in [0.15, 0.2) is 5.96 Å². The molecule has 5 nitrogen and oxygen atoms in total. The van der Waals surface area contributed by atoms with Gasteiger partial charge in [-0.05, 0) is 18.1 Å². The average molecular weight is 254 g/mol. The molecule has 0 aromatic heterocycles. The van der Waals surface area contributed by atoms with Gasteiger partial charge in [0.25, 0.3) is 0 Å². The Morgan fingerprint density at radius 1 is 1.47 bits per heavy atom. The van der Waals surface area contributed by atoms with E-state index in [1.165, 1.54) is 0 Å². The molecule has 0 spiro atoms. The van der Waals surface area contributed by atoms with Gasteiger partial charge in [0.2, 0.25) is 5.96 Å². The van der Waals surface area contributed by atoms with Gasteiger partial charge < -0.3 is 10.6 Å². The molecule has 0 aliphatic carbocycles. The molecule has 1 rings (SSSR count). The summed E-state index contributed by atoms with van der Waals surface area (Å²) in [5.41, 5.74) is 6.99. The third kappa shape index (κ3) is 3.10. The van der Waals surface area contributed by atoms with Crippen LogP contribution in [0.3, 0.4) is 0 Å². The molecule has 0 radical (unpaired) electrons. The minimum atomic E-state index is -0.271. The summed E-state index contributed by atoms with van der Waals surface area (Å²) in [6.07, 6.45) is 0.813. The van der Waals surface area contributed by atoms with Crippen molar-refractivity contribution in [1.29, 1.82) is 10.8 Å². The molecule has 0 bridgehead atoms. The first-order valence-corrected chi connectivity index (χ1v) is 5.55. The van der Waals surface area contributed by atoms with Crippen molar-refractivity contribution < 1.29 is 0 Å². The number of hydrogen-bond donors (Lipinski definition) is 4. The van der Waals surface area contributed by atoms with Crippen molar-refractivity contribution in [3.63, 3.8) is 0 Å². The molecule has 0 saturated heterocycles. The minimum Gasteiger partial charge on any atom is -0.370 e. The molecule has 17 heavy (non-hydrogen) atoms. The Bertz CT molecular complexity index is 443. The molecule has 0 heterocycles. The number of nitrogens with zero attached hydrogens (tertiary/aromatic N) is 1. The third-order valence-electron chi connectivity index (χ3n) is 2.38. The van der Waals surface area contributed by atoms with E-state index in [1.807, 2.05) is 19.1 Å². The first-order valence-electron chi connectivity index (χ1n) is 5.18. The molecule has 1 aromatic carbocycles. The Morgan fingerprint density at radius 3 is 2.65 bits per heavy atom. The topological polar surface area (TPSA) is 89.0 Å². The van der Waals surface area contributed by atoms with Crippen LogP contribution < -0.4 is 16.0 Å². The predicted molar refractivity (Wildman–Crippen MR) is 72.0 cm³/mol. The summed E-state index contributed by atoms with van der Waals surface area (Å²) in [6, 6.07) is 5.60. The van der Waals surface area contributed by atoms with E-state index in [0.717, 1.165) is 17.7 Å². The molecular formula is C11H16ClN5. The number of halogens is 1. The summed E-state index contributed by atoms with van der Waals surface area (Å²) in [7, 11) is 1.71. The molecule has 6 heteroatoms. The van der Waals surface area contributed by atoms with Gasteiger partial charge in [-0.2, -0.15) is 0 Å². The molecule has 0 fully saturated rings. The van der Waals surface area contributed by atoms with Gasteiger partial charge >= 0.3 is 0 Å². The summed E-state index contributed by atoms with van der Waals surface area (Å²) in [6.45, 7) is 2.02. The van der Waals surface area contributed by atoms with Gasteiger partial charge in [-0.3, -0.25) is 16.1 Å². The summed E-state index contributed by atoms with van der Waals surface area (Å²) >= 11 is 6.13. The van der Waals surface area contributed by atoms with Crippen LogP contribution in [0.15, 0.2) is 18.2 Å². The predicted octanol–water partition coefficient (Wildman–Crippen LogP) is 1.76. The summed E-state index contributed by atoms with van der Waals surface area (Å²) in [5.74, 6) is -0.257. The van der Waals surface area contributed by atoms with Crippen molar-refractivity contribution in [2.45, 2.75) is 13.3 Å². The average Bonchev–Trinajstić information content (AvgIpc) is 2.26. The number of anilines is 1. The van der Waals surface area contributed by atoms with Crippen molar-refractivity contribution >= 4 is 29.2 Å². The maximum absolute atomic E-state index is 7.77. The van der Waals surface area contributed by atoms with Gasteiger partial charge in [0, 0.05) is 7.05 Å². The molecule has 0 unspecified atom stereocenters. The van der Waals surface area contributed by atoms with E-state index in [-0.39, 0.29) is 11.9 Å². The highest BCUT2D eigenvalue weighted by molar-refractivity contribution is 6.34. The van der Waals surface area contributed by atoms with E-state index >= 15 is 0 Å². The standard InChI is InChI=1S/C11H16ClN5/c1-3-7-5-4-6-8(12)9(7)17(2)11(15)16-10(13)14/h4-6H,3H2,1-2H3,(H5,13,14,15,16). The summed E-state index contributed by atoms with van der Waals surface area (Å²) < 4.78 is 0. The number of para-hydroxylation sites is 1. The van der Waals surface area contributed by atoms with Gasteiger partial charge in [0.1, 0.15) is 0 Å². The number of rotatable bonds is 2. The van der Waals surface area contributed by atoms with Crippen LogP contribution in [0, 0.1) is 10.8 Å². The summed E-state index contributed by atoms with van der Waals surface area (Å²) in [4.78, 5) is 1.57. The quantitative estimate of drug-likeness (QED) is 0.478. The first kappa shape index (κ1) is 13.3. The Morgan fingerprint density at radius 2 is 2.12 bits per heavy atom. The summed E-state index contributed by atoms with van der Waals surface area (Å²) in [5, 5.41) is 17.9. The van der Waals surface area contributed by atoms with Gasteiger partial charge in [0.05, 0.1) is 10.7 Å². The number of nitrogens with two attached hydrogens (primary N) is 1. The molecule has 0 atom stereocenters. The van der Waals surface area contributed by atoms with Crippen LogP contribution in [-0.2, 0) is 6.42 Å². The van der Waals surface area contributed by atoms with Crippen LogP contribution in [-0.4, -0.2) is 19.0 Å². The van der Waals surface area contributed by atoms with Crippen molar-refractivity contribution in [2.24, 2.45) is 5.73 Å². The monoisotopic (exact) mass is 253 g/mol. The molecule has 0 aliphatic heterocycles. The highest BCUT2D eigenvalue weighted by atomic mass is 35.5. The van der Waals surface area contributed by atoms with Gasteiger partial charge in [-0.15, -0.1) is 0 Å². The van der Waals surface area contributed by atoms with E-state index in [2.05, 4.69) is 5.32 Å². The molecule has 1 aromatic rings. The highest BCUT2D eigenvalue weighted by Crippen LogP contribution is 2.29. The van der Waals surface area contributed by atoms with E-state index < -0.39 is 0 Å². The second-order valence-electron chi connectivity index (χ2n) is 3.55. The van der Waals surface area contributed by atoms with Crippen LogP contribution in [0.4, 0.5) is 5.69 Å². The maximum atomic E-state index is 7.77. The zero-order valence-corrected chi connectivity index (χ0v) is 10.6. The van der Waals surface area contributed by atoms with E-state index in [0.29, 0.717) is 5.02 Å². The maximum Gasteiger partial charge on any atom is 0.202 e. The lowest BCUT2D eigenvalue weighted by molar-refractivity contribution is 1.07. The van der Waals surface area contributed by atoms with E-state index in [1.54, 1.807) is 18.0 Å². The van der Waals surface area contributed by atoms with E-state index in [9.17, 15) is 0 Å². The van der Waals surface area contributed by atoms with Crippen molar-refractivity contribution in [1.82, 2.24) is 5.32 Å². The Kier molecular flexibility index (Phi) is 4.34. The van der Waals surface area contributed by atoms with Crippen LogP contribution in [0.1, 0.15) is 12.5 Å². The van der Waals surface area contributed by atoms with Crippen LogP contribution >= 0.6 is 11.6 Å². The molecule has 0 aliphatic rings. The van der Waals surface area contributed by atoms with E-state index in [4.69, 9.17) is 28.2 Å². The molecule has 5 N–H and O–H groups in total. The van der Waals surface area contributed by atoms with Crippen molar-refractivity contribution in [3.8, 4) is 0 Å². The molecule has 0 saturated carbocycles. The molecule has 92 valence electrons. The van der Waals surface area contributed by atoms with Gasteiger partial charge in [-0.25, -0.2) is 0 Å². The second kappa shape index (κ2) is 5.54. The van der Waals surface area contributed by atoms with Crippen LogP contribution in [0.5, 0.6) is 0 Å². The lowest BCUT2D eigenvalue weighted by atomic mass is 10.1. The Balaban J connectivity index is 3.06. The number of aryl methyl sites for hydroxylation is 1. The fourth-order valence-electron chi connectivity index (χ4n) is 1.54. The Hall–Kier alpha value is -1.75. The lowest BCUT2D eigenvalue weighted by Gasteiger charge is -2.23. The molecular weight excluding hydrogens is 238 g/mol. The SMILES string of the molecule is CCc1cccc(Cl)c1N(C)C(=N)NC(=N)N. The zero-order chi connectivity index (χ0) is 13.0. The first-order chi connectivity index (χ1) is 7.97. The van der Waals surface area contributed by atoms with Crippen molar-refractivity contribution in [3.05, 3.63) is 28.8 Å².